The lowest BCUT2D eigenvalue weighted by molar-refractivity contribution is 0.0368. The summed E-state index contributed by atoms with van der Waals surface area (Å²) in [5.41, 5.74) is 1.17. The maximum absolute atomic E-state index is 4.89. The van der Waals surface area contributed by atoms with Crippen LogP contribution in [0.25, 0.3) is 0 Å². The van der Waals surface area contributed by atoms with Gasteiger partial charge in [0, 0.05) is 24.7 Å². The lowest BCUT2D eigenvalue weighted by atomic mass is 9.79. The van der Waals surface area contributed by atoms with Crippen LogP contribution in [-0.4, -0.2) is 47.7 Å². The van der Waals surface area contributed by atoms with Crippen LogP contribution < -0.4 is 10.6 Å². The van der Waals surface area contributed by atoms with Crippen molar-refractivity contribution in [3.8, 4) is 0 Å². The highest BCUT2D eigenvalue weighted by Crippen LogP contribution is 2.35. The summed E-state index contributed by atoms with van der Waals surface area (Å²) in [6.45, 7) is 7.01. The zero-order valence-electron chi connectivity index (χ0n) is 16.0. The number of hydrogen-bond acceptors (Lipinski definition) is 4. The Morgan fingerprint density at radius 1 is 1.15 bits per heavy atom. The number of halogens is 1. The van der Waals surface area contributed by atoms with Crippen LogP contribution in [0.1, 0.15) is 64.0 Å². The summed E-state index contributed by atoms with van der Waals surface area (Å²) in [6.07, 6.45) is 12.4. The van der Waals surface area contributed by atoms with Gasteiger partial charge in [0.05, 0.1) is 6.54 Å². The Hall–Kier alpha value is -0.830. The van der Waals surface area contributed by atoms with Crippen molar-refractivity contribution in [3.05, 3.63) is 18.0 Å². The van der Waals surface area contributed by atoms with E-state index in [4.69, 9.17) is 4.52 Å². The summed E-state index contributed by atoms with van der Waals surface area (Å²) in [5.74, 6) is 0.882. The van der Waals surface area contributed by atoms with Gasteiger partial charge in [0.2, 0.25) is 0 Å². The molecular formula is C19H34IN5O. The molecule has 1 aliphatic heterocycles. The van der Waals surface area contributed by atoms with Crippen LogP contribution in [-0.2, 0) is 6.54 Å². The van der Waals surface area contributed by atoms with Crippen LogP contribution in [0.15, 0.2) is 21.8 Å². The zero-order valence-corrected chi connectivity index (χ0v) is 18.3. The molecule has 3 rings (SSSR count). The van der Waals surface area contributed by atoms with E-state index in [1.165, 1.54) is 64.5 Å². The van der Waals surface area contributed by atoms with Gasteiger partial charge in [-0.15, -0.1) is 24.0 Å². The van der Waals surface area contributed by atoms with Crippen molar-refractivity contribution in [2.75, 3.05) is 26.2 Å². The fraction of sp³-hybridized carbons (Fsp3) is 0.789. The van der Waals surface area contributed by atoms with Gasteiger partial charge in [0.1, 0.15) is 12.0 Å². The van der Waals surface area contributed by atoms with E-state index < -0.39 is 0 Å². The van der Waals surface area contributed by atoms with Gasteiger partial charge in [-0.3, -0.25) is 4.90 Å². The van der Waals surface area contributed by atoms with Crippen LogP contribution in [0.3, 0.4) is 0 Å². The van der Waals surface area contributed by atoms with E-state index in [0.717, 1.165) is 24.7 Å². The number of nitrogens with one attached hydrogen (secondary N) is 2. The van der Waals surface area contributed by atoms with Gasteiger partial charge < -0.3 is 15.2 Å². The van der Waals surface area contributed by atoms with Crippen molar-refractivity contribution in [2.24, 2.45) is 4.99 Å². The molecule has 0 radical (unpaired) electrons. The molecule has 2 fully saturated rings. The topological polar surface area (TPSA) is 65.7 Å². The van der Waals surface area contributed by atoms with Gasteiger partial charge in [-0.25, -0.2) is 4.99 Å². The lowest BCUT2D eigenvalue weighted by Gasteiger charge is -2.48. The Morgan fingerprint density at radius 2 is 1.88 bits per heavy atom. The number of guanidine groups is 1. The number of likely N-dealkylation sites (tertiary alicyclic amines) is 1. The summed E-state index contributed by atoms with van der Waals surface area (Å²) in [5, 5.41) is 10.9. The molecule has 1 saturated carbocycles. The maximum Gasteiger partial charge on any atom is 0.191 e. The molecule has 0 bridgehead atoms. The first-order valence-corrected chi connectivity index (χ1v) is 9.99. The average molecular weight is 475 g/mol. The molecular weight excluding hydrogens is 441 g/mol. The molecule has 2 N–H and O–H groups in total. The molecule has 1 aliphatic carbocycles. The monoisotopic (exact) mass is 475 g/mol. The van der Waals surface area contributed by atoms with Crippen LogP contribution in [0.4, 0.5) is 0 Å². The van der Waals surface area contributed by atoms with Gasteiger partial charge in [0.25, 0.3) is 0 Å². The van der Waals surface area contributed by atoms with Crippen LogP contribution in [0, 0.1) is 0 Å². The number of rotatable bonds is 6. The van der Waals surface area contributed by atoms with E-state index in [2.05, 4.69) is 32.6 Å². The predicted molar refractivity (Wildman–Crippen MR) is 116 cm³/mol. The third-order valence-electron chi connectivity index (χ3n) is 5.63. The molecule has 7 heteroatoms. The van der Waals surface area contributed by atoms with E-state index in [9.17, 15) is 0 Å². The minimum Gasteiger partial charge on any atom is -0.364 e. The zero-order chi connectivity index (χ0) is 17.4. The number of nitrogens with zero attached hydrogens (tertiary/aromatic N) is 3. The molecule has 1 aromatic rings. The number of hydrogen-bond donors (Lipinski definition) is 2. The van der Waals surface area contributed by atoms with Crippen molar-refractivity contribution in [2.45, 2.75) is 70.4 Å². The summed E-state index contributed by atoms with van der Waals surface area (Å²) in [4.78, 5) is 7.44. The molecule has 6 nitrogen and oxygen atoms in total. The highest BCUT2D eigenvalue weighted by Gasteiger charge is 2.38. The second-order valence-electron chi connectivity index (χ2n) is 7.37. The first kappa shape index (κ1) is 21.5. The predicted octanol–water partition coefficient (Wildman–Crippen LogP) is 3.54. The molecule has 0 amide bonds. The first-order chi connectivity index (χ1) is 12.3. The molecule has 148 valence electrons. The summed E-state index contributed by atoms with van der Waals surface area (Å²) >= 11 is 0. The highest BCUT2D eigenvalue weighted by molar-refractivity contribution is 14.0. The maximum atomic E-state index is 4.89. The smallest absolute Gasteiger partial charge is 0.191 e. The molecule has 0 spiro atoms. The number of piperidine rings is 1. The summed E-state index contributed by atoms with van der Waals surface area (Å²) < 4.78 is 4.89. The van der Waals surface area contributed by atoms with Gasteiger partial charge in [-0.2, -0.15) is 0 Å². The second kappa shape index (κ2) is 11.1. The van der Waals surface area contributed by atoms with Crippen molar-refractivity contribution in [1.82, 2.24) is 20.7 Å². The van der Waals surface area contributed by atoms with Crippen LogP contribution >= 0.6 is 24.0 Å². The largest absolute Gasteiger partial charge is 0.364 e. The Morgan fingerprint density at radius 3 is 2.54 bits per heavy atom. The number of aliphatic imine (C=N–C) groups is 1. The second-order valence-corrected chi connectivity index (χ2v) is 7.37. The summed E-state index contributed by atoms with van der Waals surface area (Å²) in [7, 11) is 0. The third-order valence-corrected chi connectivity index (χ3v) is 5.63. The Bertz CT molecular complexity index is 522. The normalized spacial score (nSPS) is 21.0. The van der Waals surface area contributed by atoms with Crippen molar-refractivity contribution in [1.29, 1.82) is 0 Å². The quantitative estimate of drug-likeness (QED) is 0.375. The van der Waals surface area contributed by atoms with Gasteiger partial charge in [-0.05, 0) is 45.7 Å². The minimum absolute atomic E-state index is 0. The average Bonchev–Trinajstić information content (AvgIpc) is 3.19. The fourth-order valence-electron chi connectivity index (χ4n) is 4.25. The van der Waals surface area contributed by atoms with E-state index in [1.54, 1.807) is 6.26 Å². The van der Waals surface area contributed by atoms with Gasteiger partial charge in [0.15, 0.2) is 5.96 Å². The Balaban J connectivity index is 0.00000243. The van der Waals surface area contributed by atoms with Crippen molar-refractivity contribution in [3.63, 3.8) is 0 Å². The van der Waals surface area contributed by atoms with E-state index in [-0.39, 0.29) is 24.0 Å². The highest BCUT2D eigenvalue weighted by atomic mass is 127. The molecule has 1 aromatic heterocycles. The molecule has 2 heterocycles. The van der Waals surface area contributed by atoms with Crippen LogP contribution in [0.2, 0.25) is 0 Å². The lowest BCUT2D eigenvalue weighted by Crippen LogP contribution is -2.59. The Kier molecular flexibility index (Phi) is 9.18. The molecule has 0 aromatic carbocycles. The molecule has 26 heavy (non-hydrogen) atoms. The molecule has 2 aliphatic rings. The van der Waals surface area contributed by atoms with Crippen molar-refractivity contribution >= 4 is 29.9 Å². The van der Waals surface area contributed by atoms with Crippen molar-refractivity contribution < 1.29 is 4.52 Å². The van der Waals surface area contributed by atoms with E-state index >= 15 is 0 Å². The first-order valence-electron chi connectivity index (χ1n) is 9.99. The Labute approximate surface area is 174 Å². The fourth-order valence-corrected chi connectivity index (χ4v) is 4.25. The standard InChI is InChI=1S/C19H33N5O.HI/c1-2-20-18(21-15-17-9-14-25-23-17)22-16-19(10-5-3-6-11-19)24-12-7-4-8-13-24;/h9,14H,2-8,10-13,15-16H2,1H3,(H2,20,21,22);1H. The van der Waals surface area contributed by atoms with Gasteiger partial charge in [-0.1, -0.05) is 30.8 Å². The van der Waals surface area contributed by atoms with Crippen LogP contribution in [0.5, 0.6) is 0 Å². The SMILES string of the molecule is CCNC(=NCc1ccon1)NCC1(N2CCCCC2)CCCCC1.I. The molecule has 0 unspecified atom stereocenters. The third kappa shape index (κ3) is 5.84. The summed E-state index contributed by atoms with van der Waals surface area (Å²) in [6, 6.07) is 1.86. The minimum atomic E-state index is 0. The van der Waals surface area contributed by atoms with Gasteiger partial charge >= 0.3 is 0 Å². The number of aromatic nitrogens is 1. The van der Waals surface area contributed by atoms with E-state index in [0.29, 0.717) is 12.1 Å². The van der Waals surface area contributed by atoms with E-state index in [1.807, 2.05) is 6.07 Å². The molecule has 0 atom stereocenters. The molecule has 1 saturated heterocycles.